The van der Waals surface area contributed by atoms with E-state index in [-0.39, 0.29) is 5.69 Å². The summed E-state index contributed by atoms with van der Waals surface area (Å²) in [5.41, 5.74) is -0.722. The van der Waals surface area contributed by atoms with Gasteiger partial charge in [-0.25, -0.2) is 12.8 Å². The van der Waals surface area contributed by atoms with E-state index in [9.17, 15) is 12.8 Å². The van der Waals surface area contributed by atoms with Crippen LogP contribution in [0.5, 0.6) is 0 Å². The first-order valence-corrected chi connectivity index (χ1v) is 8.65. The third-order valence-corrected chi connectivity index (χ3v) is 4.66. The molecule has 0 amide bonds. The van der Waals surface area contributed by atoms with Crippen molar-refractivity contribution < 1.29 is 22.1 Å². The molecule has 0 aliphatic carbocycles. The molecular weight excluding hydrogens is 296 g/mol. The van der Waals surface area contributed by atoms with Gasteiger partial charge in [-0.1, -0.05) is 0 Å². The number of halogens is 1. The van der Waals surface area contributed by atoms with Gasteiger partial charge in [-0.15, -0.1) is 0 Å². The van der Waals surface area contributed by atoms with Gasteiger partial charge in [-0.2, -0.15) is 0 Å². The van der Waals surface area contributed by atoms with E-state index in [0.717, 1.165) is 6.26 Å². The molecule has 116 valence electrons. The van der Waals surface area contributed by atoms with E-state index in [1.807, 2.05) is 27.7 Å². The Labute approximate surface area is 124 Å². The molecule has 1 saturated heterocycles. The fourth-order valence-corrected chi connectivity index (χ4v) is 2.65. The number of aromatic nitrogens is 1. The highest BCUT2D eigenvalue weighted by atomic mass is 32.2. The summed E-state index contributed by atoms with van der Waals surface area (Å²) in [5.74, 6) is -1.10. The number of hydrogen-bond donors (Lipinski definition) is 0. The molecule has 0 bridgehead atoms. The second-order valence-corrected chi connectivity index (χ2v) is 8.50. The maximum atomic E-state index is 14.0. The molecule has 0 radical (unpaired) electrons. The first-order valence-electron chi connectivity index (χ1n) is 6.59. The van der Waals surface area contributed by atoms with Crippen LogP contribution in [0, 0.1) is 5.82 Å². The van der Waals surface area contributed by atoms with E-state index in [1.54, 1.807) is 0 Å². The second-order valence-electron chi connectivity index (χ2n) is 6.36. The van der Waals surface area contributed by atoms with Crippen LogP contribution in [0.3, 0.4) is 0 Å². The van der Waals surface area contributed by atoms with Crippen LogP contribution < -0.4 is 5.46 Å². The van der Waals surface area contributed by atoms with Crippen molar-refractivity contribution in [1.29, 1.82) is 0 Å². The van der Waals surface area contributed by atoms with Crippen molar-refractivity contribution in [2.45, 2.75) is 44.6 Å². The zero-order valence-corrected chi connectivity index (χ0v) is 13.6. The van der Waals surface area contributed by atoms with Gasteiger partial charge in [0.05, 0.1) is 22.6 Å². The summed E-state index contributed by atoms with van der Waals surface area (Å²) in [6, 6.07) is 1.22. The molecule has 1 aliphatic heterocycles. The van der Waals surface area contributed by atoms with Crippen molar-refractivity contribution in [2.24, 2.45) is 0 Å². The Kier molecular flexibility index (Phi) is 3.93. The van der Waals surface area contributed by atoms with Crippen molar-refractivity contribution >= 4 is 22.4 Å². The van der Waals surface area contributed by atoms with Gasteiger partial charge in [-0.05, 0) is 33.8 Å². The first-order chi connectivity index (χ1) is 9.41. The molecule has 2 rings (SSSR count). The van der Waals surface area contributed by atoms with Crippen molar-refractivity contribution in [2.75, 3.05) is 6.26 Å². The third-order valence-electron chi connectivity index (χ3n) is 3.86. The minimum Gasteiger partial charge on any atom is -0.399 e. The van der Waals surface area contributed by atoms with Crippen LogP contribution in [0.25, 0.3) is 0 Å². The third kappa shape index (κ3) is 3.44. The Balaban J connectivity index is 2.26. The molecule has 0 aromatic carbocycles. The SMILES string of the molecule is CC1(C)OB(c2cnc(CS(C)(=O)=O)c(F)c2)OC1(C)C. The van der Waals surface area contributed by atoms with Crippen LogP contribution in [0.2, 0.25) is 0 Å². The average Bonchev–Trinajstić information content (AvgIpc) is 2.49. The van der Waals surface area contributed by atoms with Crippen LogP contribution in [0.4, 0.5) is 4.39 Å². The molecule has 0 atom stereocenters. The summed E-state index contributed by atoms with van der Waals surface area (Å²) in [6.45, 7) is 7.59. The van der Waals surface area contributed by atoms with E-state index < -0.39 is 39.7 Å². The Hall–Kier alpha value is -0.985. The zero-order chi connectivity index (χ0) is 16.1. The minimum atomic E-state index is -3.33. The first kappa shape index (κ1) is 16.4. The summed E-state index contributed by atoms with van der Waals surface area (Å²) in [7, 11) is -4.05. The van der Waals surface area contributed by atoms with Gasteiger partial charge in [0.15, 0.2) is 9.84 Å². The van der Waals surface area contributed by atoms with Crippen molar-refractivity contribution in [1.82, 2.24) is 4.98 Å². The molecule has 0 saturated carbocycles. The largest absolute Gasteiger partial charge is 0.496 e. The molecule has 0 unspecified atom stereocenters. The standard InChI is InChI=1S/C13H19BFNO4S/c1-12(2)13(3,4)20-14(19-12)9-6-10(15)11(16-7-9)8-21(5,17)18/h6-7H,8H2,1-5H3. The Morgan fingerprint density at radius 3 is 2.19 bits per heavy atom. The minimum absolute atomic E-state index is 0.0993. The fourth-order valence-electron chi connectivity index (χ4n) is 1.94. The van der Waals surface area contributed by atoms with Crippen molar-refractivity contribution in [3.63, 3.8) is 0 Å². The van der Waals surface area contributed by atoms with Crippen LogP contribution in [0.1, 0.15) is 33.4 Å². The highest BCUT2D eigenvalue weighted by Crippen LogP contribution is 2.36. The van der Waals surface area contributed by atoms with Crippen LogP contribution in [-0.4, -0.2) is 38.0 Å². The molecule has 1 aliphatic rings. The predicted molar refractivity (Wildman–Crippen MR) is 78.5 cm³/mol. The number of hydrogen-bond acceptors (Lipinski definition) is 5. The fraction of sp³-hybridized carbons (Fsp3) is 0.615. The number of nitrogens with zero attached hydrogens (tertiary/aromatic N) is 1. The number of sulfone groups is 1. The summed E-state index contributed by atoms with van der Waals surface area (Å²) in [6.07, 6.45) is 2.43. The molecule has 1 fully saturated rings. The predicted octanol–water partition coefficient (Wildman–Crippen LogP) is 1.06. The smallest absolute Gasteiger partial charge is 0.399 e. The van der Waals surface area contributed by atoms with Gasteiger partial charge >= 0.3 is 7.12 Å². The number of pyridine rings is 1. The van der Waals surface area contributed by atoms with Crippen LogP contribution in [0.15, 0.2) is 12.3 Å². The van der Waals surface area contributed by atoms with E-state index >= 15 is 0 Å². The van der Waals surface area contributed by atoms with E-state index in [0.29, 0.717) is 5.46 Å². The lowest BCUT2D eigenvalue weighted by atomic mass is 9.80. The van der Waals surface area contributed by atoms with Gasteiger partial charge in [0.25, 0.3) is 0 Å². The maximum absolute atomic E-state index is 14.0. The lowest BCUT2D eigenvalue weighted by molar-refractivity contribution is 0.00578. The summed E-state index contributed by atoms with van der Waals surface area (Å²) >= 11 is 0. The molecule has 21 heavy (non-hydrogen) atoms. The van der Waals surface area contributed by atoms with E-state index in [2.05, 4.69) is 4.98 Å². The summed E-state index contributed by atoms with van der Waals surface area (Å²) < 4.78 is 48.0. The maximum Gasteiger partial charge on any atom is 0.496 e. The Morgan fingerprint density at radius 2 is 1.76 bits per heavy atom. The molecular formula is C13H19BFNO4S. The van der Waals surface area contributed by atoms with Gasteiger partial charge in [0.1, 0.15) is 5.82 Å². The molecule has 1 aromatic rings. The number of rotatable bonds is 3. The Bertz CT molecular complexity index is 644. The topological polar surface area (TPSA) is 65.5 Å². The van der Waals surface area contributed by atoms with Gasteiger partial charge in [0.2, 0.25) is 0 Å². The van der Waals surface area contributed by atoms with Gasteiger partial charge < -0.3 is 9.31 Å². The highest BCUT2D eigenvalue weighted by Gasteiger charge is 2.51. The normalized spacial score (nSPS) is 20.8. The van der Waals surface area contributed by atoms with Gasteiger partial charge in [0, 0.05) is 17.9 Å². The van der Waals surface area contributed by atoms with Gasteiger partial charge in [-0.3, -0.25) is 4.98 Å². The summed E-state index contributed by atoms with van der Waals surface area (Å²) in [5, 5.41) is 0. The molecule has 8 heteroatoms. The monoisotopic (exact) mass is 315 g/mol. The summed E-state index contributed by atoms with van der Waals surface area (Å²) in [4.78, 5) is 3.89. The van der Waals surface area contributed by atoms with Crippen LogP contribution >= 0.6 is 0 Å². The van der Waals surface area contributed by atoms with Crippen LogP contribution in [-0.2, 0) is 24.9 Å². The zero-order valence-electron chi connectivity index (χ0n) is 12.8. The molecule has 0 spiro atoms. The highest BCUT2D eigenvalue weighted by molar-refractivity contribution is 7.89. The van der Waals surface area contributed by atoms with Crippen molar-refractivity contribution in [3.05, 3.63) is 23.8 Å². The lowest BCUT2D eigenvalue weighted by Gasteiger charge is -2.32. The molecule has 5 nitrogen and oxygen atoms in total. The Morgan fingerprint density at radius 1 is 1.24 bits per heavy atom. The average molecular weight is 315 g/mol. The molecule has 2 heterocycles. The quantitative estimate of drug-likeness (QED) is 0.781. The van der Waals surface area contributed by atoms with Crippen molar-refractivity contribution in [3.8, 4) is 0 Å². The second kappa shape index (κ2) is 5.03. The van der Waals surface area contributed by atoms with E-state index in [4.69, 9.17) is 9.31 Å². The lowest BCUT2D eigenvalue weighted by Crippen LogP contribution is -2.41. The molecule has 0 N–H and O–H groups in total. The van der Waals surface area contributed by atoms with E-state index in [1.165, 1.54) is 12.3 Å². The molecule has 1 aromatic heterocycles.